The third-order valence-electron chi connectivity index (χ3n) is 5.49. The van der Waals surface area contributed by atoms with Crippen LogP contribution in [0.15, 0.2) is 47.4 Å². The number of hydrogen-bond acceptors (Lipinski definition) is 4. The van der Waals surface area contributed by atoms with Crippen molar-refractivity contribution in [1.29, 1.82) is 0 Å². The molecular formula is C22H21F3N2O3S. The zero-order valence-corrected chi connectivity index (χ0v) is 17.3. The van der Waals surface area contributed by atoms with Crippen LogP contribution in [0.1, 0.15) is 41.2 Å². The van der Waals surface area contributed by atoms with Crippen molar-refractivity contribution in [2.24, 2.45) is 0 Å². The molecule has 0 aromatic heterocycles. The number of carbonyl (C=O) groups excluding carboxylic acids is 2. The minimum absolute atomic E-state index is 0.0102. The van der Waals surface area contributed by atoms with Gasteiger partial charge in [0.2, 0.25) is 5.91 Å². The summed E-state index contributed by atoms with van der Waals surface area (Å²) in [4.78, 5) is 28.1. The maximum Gasteiger partial charge on any atom is 0.387 e. The van der Waals surface area contributed by atoms with Crippen LogP contribution in [-0.2, 0) is 4.79 Å². The van der Waals surface area contributed by atoms with Crippen LogP contribution in [0.2, 0.25) is 0 Å². The molecule has 0 bridgehead atoms. The maximum atomic E-state index is 14.1. The summed E-state index contributed by atoms with van der Waals surface area (Å²) in [5.74, 6) is -0.716. The number of amides is 2. The Morgan fingerprint density at radius 3 is 2.74 bits per heavy atom. The molecular weight excluding hydrogens is 429 g/mol. The number of alkyl halides is 2. The SMILES string of the molecule is O=C(NC1CCSc2c(F)cccc21)C1CCCN1C(=O)c1ccccc1OC(F)F. The third kappa shape index (κ3) is 4.51. The monoisotopic (exact) mass is 450 g/mol. The molecule has 2 aliphatic heterocycles. The Hall–Kier alpha value is -2.68. The van der Waals surface area contributed by atoms with Crippen molar-refractivity contribution in [2.75, 3.05) is 12.3 Å². The second kappa shape index (κ2) is 9.21. The van der Waals surface area contributed by atoms with Gasteiger partial charge in [-0.15, -0.1) is 11.8 Å². The van der Waals surface area contributed by atoms with Crippen LogP contribution in [0.25, 0.3) is 0 Å². The molecule has 1 N–H and O–H groups in total. The van der Waals surface area contributed by atoms with E-state index in [0.29, 0.717) is 36.5 Å². The Morgan fingerprint density at radius 2 is 1.94 bits per heavy atom. The minimum atomic E-state index is -3.06. The molecule has 2 amide bonds. The summed E-state index contributed by atoms with van der Waals surface area (Å²) in [6.45, 7) is -2.72. The average molecular weight is 450 g/mol. The van der Waals surface area contributed by atoms with Gasteiger partial charge < -0.3 is 15.0 Å². The van der Waals surface area contributed by atoms with E-state index in [1.165, 1.54) is 40.9 Å². The van der Waals surface area contributed by atoms with E-state index in [2.05, 4.69) is 10.1 Å². The summed E-state index contributed by atoms with van der Waals surface area (Å²) >= 11 is 1.42. The van der Waals surface area contributed by atoms with Gasteiger partial charge in [0.25, 0.3) is 5.91 Å². The van der Waals surface area contributed by atoms with Gasteiger partial charge in [-0.3, -0.25) is 9.59 Å². The molecule has 0 spiro atoms. The molecule has 164 valence electrons. The lowest BCUT2D eigenvalue weighted by molar-refractivity contribution is -0.125. The first-order chi connectivity index (χ1) is 15.0. The molecule has 1 saturated heterocycles. The van der Waals surface area contributed by atoms with Crippen molar-refractivity contribution < 1.29 is 27.5 Å². The van der Waals surface area contributed by atoms with E-state index in [-0.39, 0.29) is 29.1 Å². The van der Waals surface area contributed by atoms with Crippen LogP contribution in [-0.4, -0.2) is 41.7 Å². The highest BCUT2D eigenvalue weighted by Gasteiger charge is 2.37. The molecule has 2 aliphatic rings. The lowest BCUT2D eigenvalue weighted by Crippen LogP contribution is -2.47. The summed E-state index contributed by atoms with van der Waals surface area (Å²) in [5.41, 5.74) is 0.722. The minimum Gasteiger partial charge on any atom is -0.434 e. The maximum absolute atomic E-state index is 14.1. The molecule has 4 rings (SSSR count). The van der Waals surface area contributed by atoms with Crippen LogP contribution < -0.4 is 10.1 Å². The quantitative estimate of drug-likeness (QED) is 0.734. The first kappa shape index (κ1) is 21.5. The van der Waals surface area contributed by atoms with Gasteiger partial charge in [-0.25, -0.2) is 4.39 Å². The highest BCUT2D eigenvalue weighted by Crippen LogP contribution is 2.38. The number of likely N-dealkylation sites (tertiary alicyclic amines) is 1. The van der Waals surface area contributed by atoms with E-state index in [4.69, 9.17) is 0 Å². The number of fused-ring (bicyclic) bond motifs is 1. The van der Waals surface area contributed by atoms with Gasteiger partial charge in [0, 0.05) is 17.2 Å². The van der Waals surface area contributed by atoms with Crippen molar-refractivity contribution in [3.05, 3.63) is 59.4 Å². The van der Waals surface area contributed by atoms with Crippen molar-refractivity contribution in [2.45, 2.75) is 42.9 Å². The smallest absolute Gasteiger partial charge is 0.387 e. The number of nitrogens with zero attached hydrogens (tertiary/aromatic N) is 1. The van der Waals surface area contributed by atoms with Crippen molar-refractivity contribution in [3.8, 4) is 5.75 Å². The van der Waals surface area contributed by atoms with E-state index >= 15 is 0 Å². The number of ether oxygens (including phenoxy) is 1. The van der Waals surface area contributed by atoms with Gasteiger partial charge in [-0.1, -0.05) is 24.3 Å². The van der Waals surface area contributed by atoms with Crippen LogP contribution in [0.5, 0.6) is 5.75 Å². The Morgan fingerprint density at radius 1 is 1.13 bits per heavy atom. The number of halogens is 3. The van der Waals surface area contributed by atoms with E-state index < -0.39 is 18.6 Å². The Labute approximate surface area is 181 Å². The average Bonchev–Trinajstić information content (AvgIpc) is 3.24. The van der Waals surface area contributed by atoms with E-state index in [0.717, 1.165) is 5.56 Å². The predicted molar refractivity (Wildman–Crippen MR) is 110 cm³/mol. The lowest BCUT2D eigenvalue weighted by atomic mass is 10.0. The Bertz CT molecular complexity index is 988. The number of thioether (sulfide) groups is 1. The molecule has 2 aromatic carbocycles. The number of para-hydroxylation sites is 1. The number of rotatable bonds is 5. The molecule has 31 heavy (non-hydrogen) atoms. The third-order valence-corrected chi connectivity index (χ3v) is 6.65. The lowest BCUT2D eigenvalue weighted by Gasteiger charge is -2.30. The van der Waals surface area contributed by atoms with Crippen LogP contribution in [0.3, 0.4) is 0 Å². The van der Waals surface area contributed by atoms with Crippen LogP contribution in [0.4, 0.5) is 13.2 Å². The molecule has 2 aromatic rings. The fourth-order valence-corrected chi connectivity index (χ4v) is 5.22. The van der Waals surface area contributed by atoms with Crippen molar-refractivity contribution >= 4 is 23.6 Å². The molecule has 5 nitrogen and oxygen atoms in total. The largest absolute Gasteiger partial charge is 0.434 e. The predicted octanol–water partition coefficient (Wildman–Crippen LogP) is 4.39. The molecule has 2 atom stereocenters. The van der Waals surface area contributed by atoms with Gasteiger partial charge in [-0.2, -0.15) is 8.78 Å². The standard InChI is InChI=1S/C22H21F3N2O3S/c23-15-7-3-6-13-16(10-12-31-19(13)15)26-20(28)17-8-4-11-27(17)21(29)14-5-1-2-9-18(14)30-22(24)25/h1-3,5-7,9,16-17,22H,4,8,10-12H2,(H,26,28). The summed E-state index contributed by atoms with van der Waals surface area (Å²) in [6.07, 6.45) is 1.74. The Kier molecular flexibility index (Phi) is 6.41. The van der Waals surface area contributed by atoms with E-state index in [9.17, 15) is 22.8 Å². The fraction of sp³-hybridized carbons (Fsp3) is 0.364. The van der Waals surface area contributed by atoms with Gasteiger partial charge in [0.05, 0.1) is 11.6 Å². The van der Waals surface area contributed by atoms with Crippen LogP contribution in [0, 0.1) is 5.82 Å². The molecule has 0 radical (unpaired) electrons. The highest BCUT2D eigenvalue weighted by atomic mass is 32.2. The normalized spacial score (nSPS) is 20.5. The molecule has 1 fully saturated rings. The van der Waals surface area contributed by atoms with Gasteiger partial charge in [0.1, 0.15) is 17.6 Å². The number of carbonyl (C=O) groups is 2. The fourth-order valence-electron chi connectivity index (χ4n) is 4.08. The zero-order chi connectivity index (χ0) is 22.0. The topological polar surface area (TPSA) is 58.6 Å². The molecule has 2 heterocycles. The van der Waals surface area contributed by atoms with E-state index in [1.54, 1.807) is 18.2 Å². The molecule has 0 saturated carbocycles. The van der Waals surface area contributed by atoms with Crippen molar-refractivity contribution in [3.63, 3.8) is 0 Å². The summed E-state index contributed by atoms with van der Waals surface area (Å²) < 4.78 is 44.0. The van der Waals surface area contributed by atoms with Crippen LogP contribution >= 0.6 is 11.8 Å². The van der Waals surface area contributed by atoms with Gasteiger partial charge in [-0.05, 0) is 43.0 Å². The summed E-state index contributed by atoms with van der Waals surface area (Å²) in [6, 6.07) is 9.51. The molecule has 9 heteroatoms. The van der Waals surface area contributed by atoms with Gasteiger partial charge in [0.15, 0.2) is 0 Å². The summed E-state index contributed by atoms with van der Waals surface area (Å²) in [7, 11) is 0. The second-order valence-corrected chi connectivity index (χ2v) is 8.49. The first-order valence-electron chi connectivity index (χ1n) is 10.0. The van der Waals surface area contributed by atoms with Gasteiger partial charge >= 0.3 is 6.61 Å². The number of hydrogen-bond donors (Lipinski definition) is 1. The second-order valence-electron chi connectivity index (χ2n) is 7.39. The van der Waals surface area contributed by atoms with Crippen molar-refractivity contribution in [1.82, 2.24) is 10.2 Å². The zero-order valence-electron chi connectivity index (χ0n) is 16.5. The number of benzene rings is 2. The molecule has 0 aliphatic carbocycles. The van der Waals surface area contributed by atoms with E-state index in [1.807, 2.05) is 0 Å². The Balaban J connectivity index is 1.52. The highest BCUT2D eigenvalue weighted by molar-refractivity contribution is 7.99. The first-order valence-corrected chi connectivity index (χ1v) is 11.0. The molecule has 2 unspecified atom stereocenters. The summed E-state index contributed by atoms with van der Waals surface area (Å²) in [5, 5.41) is 2.96. The number of nitrogens with one attached hydrogen (secondary N) is 1.